The fourth-order valence-corrected chi connectivity index (χ4v) is 3.27. The second kappa shape index (κ2) is 5.72. The van der Waals surface area contributed by atoms with Gasteiger partial charge in [-0.1, -0.05) is 12.1 Å². The van der Waals surface area contributed by atoms with Gasteiger partial charge in [-0.15, -0.1) is 0 Å². The predicted molar refractivity (Wildman–Crippen MR) is 77.0 cm³/mol. The van der Waals surface area contributed by atoms with Gasteiger partial charge >= 0.3 is 0 Å². The molecule has 0 amide bonds. The van der Waals surface area contributed by atoms with Crippen LogP contribution in [0.5, 0.6) is 5.75 Å². The van der Waals surface area contributed by atoms with Gasteiger partial charge in [-0.25, -0.2) is 0 Å². The Kier molecular flexibility index (Phi) is 3.96. The number of hydrogen-bond donors (Lipinski definition) is 0. The highest BCUT2D eigenvalue weighted by Gasteiger charge is 2.47. The van der Waals surface area contributed by atoms with Crippen LogP contribution in [0, 0.1) is 0 Å². The molecule has 2 fully saturated rings. The lowest BCUT2D eigenvalue weighted by atomic mass is 9.84. The van der Waals surface area contributed by atoms with Crippen LogP contribution in [0.15, 0.2) is 24.3 Å². The van der Waals surface area contributed by atoms with E-state index in [0.29, 0.717) is 6.10 Å². The van der Waals surface area contributed by atoms with Crippen LogP contribution in [-0.4, -0.2) is 50.5 Å². The Bertz CT molecular complexity index is 440. The van der Waals surface area contributed by atoms with Gasteiger partial charge in [0.1, 0.15) is 5.75 Å². The molecule has 2 aliphatic rings. The molecule has 0 bridgehead atoms. The Balaban J connectivity index is 1.52. The highest BCUT2D eigenvalue weighted by Crippen LogP contribution is 2.35. The van der Waals surface area contributed by atoms with Crippen molar-refractivity contribution >= 4 is 0 Å². The number of hydrogen-bond acceptors (Lipinski definition) is 4. The van der Waals surface area contributed by atoms with Gasteiger partial charge in [0, 0.05) is 39.8 Å². The van der Waals surface area contributed by atoms with Crippen LogP contribution < -0.4 is 4.74 Å². The van der Waals surface area contributed by atoms with E-state index in [1.165, 1.54) is 5.56 Å². The summed E-state index contributed by atoms with van der Waals surface area (Å²) < 4.78 is 16.7. The van der Waals surface area contributed by atoms with Crippen LogP contribution >= 0.6 is 0 Å². The van der Waals surface area contributed by atoms with Gasteiger partial charge in [0.25, 0.3) is 0 Å². The zero-order valence-electron chi connectivity index (χ0n) is 12.3. The molecule has 1 spiro atoms. The van der Waals surface area contributed by atoms with E-state index in [0.717, 1.165) is 44.8 Å². The van der Waals surface area contributed by atoms with Gasteiger partial charge in [-0.2, -0.15) is 0 Å². The fraction of sp³-hybridized carbons (Fsp3) is 0.625. The standard InChI is InChI=1S/C16H23NO3/c1-18-14-5-3-13(4-6-14)10-17-11-16(12-17)9-15(19-2)7-8-20-16/h3-6,15H,7-12H2,1-2H3/t15-/m1/s1. The third kappa shape index (κ3) is 2.82. The lowest BCUT2D eigenvalue weighted by Crippen LogP contribution is -2.65. The van der Waals surface area contributed by atoms with Crippen LogP contribution in [0.2, 0.25) is 0 Å². The summed E-state index contributed by atoms with van der Waals surface area (Å²) >= 11 is 0. The van der Waals surface area contributed by atoms with Gasteiger partial charge in [0.15, 0.2) is 0 Å². The third-order valence-electron chi connectivity index (χ3n) is 4.37. The first kappa shape index (κ1) is 13.9. The van der Waals surface area contributed by atoms with Gasteiger partial charge in [0.05, 0.1) is 18.8 Å². The average Bonchev–Trinajstić information content (AvgIpc) is 2.46. The molecule has 0 aromatic heterocycles. The van der Waals surface area contributed by atoms with Gasteiger partial charge in [-0.3, -0.25) is 4.90 Å². The molecule has 20 heavy (non-hydrogen) atoms. The largest absolute Gasteiger partial charge is 0.497 e. The topological polar surface area (TPSA) is 30.9 Å². The van der Waals surface area contributed by atoms with E-state index in [9.17, 15) is 0 Å². The number of rotatable bonds is 4. The molecule has 2 aliphatic heterocycles. The minimum absolute atomic E-state index is 0.0470. The summed E-state index contributed by atoms with van der Waals surface area (Å²) in [5.41, 5.74) is 1.37. The Morgan fingerprint density at radius 2 is 2.00 bits per heavy atom. The van der Waals surface area contributed by atoms with Crippen LogP contribution in [0.1, 0.15) is 18.4 Å². The molecule has 4 nitrogen and oxygen atoms in total. The van der Waals surface area contributed by atoms with Crippen molar-refractivity contribution in [3.8, 4) is 5.75 Å². The average molecular weight is 277 g/mol. The second-order valence-electron chi connectivity index (χ2n) is 5.88. The van der Waals surface area contributed by atoms with Gasteiger partial charge in [0.2, 0.25) is 0 Å². The maximum atomic E-state index is 6.00. The van der Waals surface area contributed by atoms with E-state index < -0.39 is 0 Å². The summed E-state index contributed by atoms with van der Waals surface area (Å²) in [5, 5.41) is 0. The number of likely N-dealkylation sites (tertiary alicyclic amines) is 1. The monoisotopic (exact) mass is 277 g/mol. The molecule has 1 aromatic carbocycles. The zero-order chi connectivity index (χ0) is 14.0. The highest BCUT2D eigenvalue weighted by atomic mass is 16.5. The predicted octanol–water partition coefficient (Wildman–Crippen LogP) is 2.08. The van der Waals surface area contributed by atoms with E-state index in [1.807, 2.05) is 12.1 Å². The first-order valence-electron chi connectivity index (χ1n) is 7.25. The summed E-state index contributed by atoms with van der Waals surface area (Å²) in [6, 6.07) is 8.29. The van der Waals surface area contributed by atoms with Crippen LogP contribution in [0.3, 0.4) is 0 Å². The normalized spacial score (nSPS) is 25.4. The van der Waals surface area contributed by atoms with Crippen molar-refractivity contribution in [2.75, 3.05) is 33.9 Å². The molecule has 0 saturated carbocycles. The van der Waals surface area contributed by atoms with Crippen molar-refractivity contribution in [2.24, 2.45) is 0 Å². The van der Waals surface area contributed by atoms with Crippen molar-refractivity contribution < 1.29 is 14.2 Å². The Morgan fingerprint density at radius 1 is 1.25 bits per heavy atom. The second-order valence-corrected chi connectivity index (χ2v) is 5.88. The van der Waals surface area contributed by atoms with Crippen LogP contribution in [-0.2, 0) is 16.0 Å². The smallest absolute Gasteiger partial charge is 0.118 e. The summed E-state index contributed by atoms with van der Waals surface area (Å²) in [5.74, 6) is 0.910. The molecule has 0 N–H and O–H groups in total. The first-order chi connectivity index (χ1) is 9.73. The quantitative estimate of drug-likeness (QED) is 0.843. The molecule has 0 aliphatic carbocycles. The summed E-state index contributed by atoms with van der Waals surface area (Å²) in [6.45, 7) is 3.83. The lowest BCUT2D eigenvalue weighted by molar-refractivity contribution is -0.195. The molecule has 2 saturated heterocycles. The summed E-state index contributed by atoms with van der Waals surface area (Å²) in [6.07, 6.45) is 2.42. The van der Waals surface area contributed by atoms with Crippen LogP contribution in [0.4, 0.5) is 0 Å². The SMILES string of the molecule is COc1ccc(CN2CC3(C[C@H](OC)CCO3)C2)cc1. The molecule has 0 unspecified atom stereocenters. The minimum Gasteiger partial charge on any atom is -0.497 e. The minimum atomic E-state index is 0.0470. The zero-order valence-corrected chi connectivity index (χ0v) is 12.3. The maximum Gasteiger partial charge on any atom is 0.118 e. The molecule has 110 valence electrons. The van der Waals surface area contributed by atoms with Crippen molar-refractivity contribution in [1.29, 1.82) is 0 Å². The lowest BCUT2D eigenvalue weighted by Gasteiger charge is -2.53. The number of methoxy groups -OCH3 is 2. The van der Waals surface area contributed by atoms with E-state index in [4.69, 9.17) is 14.2 Å². The van der Waals surface area contributed by atoms with Crippen molar-refractivity contribution in [2.45, 2.75) is 31.1 Å². The molecule has 1 aromatic rings. The summed E-state index contributed by atoms with van der Waals surface area (Å²) in [4.78, 5) is 2.43. The third-order valence-corrected chi connectivity index (χ3v) is 4.37. The van der Waals surface area contributed by atoms with Gasteiger partial charge < -0.3 is 14.2 Å². The Morgan fingerprint density at radius 3 is 2.65 bits per heavy atom. The summed E-state index contributed by atoms with van der Waals surface area (Å²) in [7, 11) is 3.50. The molecule has 1 atom stereocenters. The van der Waals surface area contributed by atoms with Crippen molar-refractivity contribution in [3.05, 3.63) is 29.8 Å². The molecule has 2 heterocycles. The molecular weight excluding hydrogens is 254 g/mol. The Labute approximate surface area is 120 Å². The molecule has 3 rings (SSSR count). The van der Waals surface area contributed by atoms with Crippen molar-refractivity contribution in [3.63, 3.8) is 0 Å². The number of ether oxygens (including phenoxy) is 3. The number of nitrogens with zero attached hydrogens (tertiary/aromatic N) is 1. The molecule has 0 radical (unpaired) electrons. The van der Waals surface area contributed by atoms with Crippen LogP contribution in [0.25, 0.3) is 0 Å². The van der Waals surface area contributed by atoms with E-state index in [2.05, 4.69) is 17.0 Å². The van der Waals surface area contributed by atoms with E-state index in [-0.39, 0.29) is 5.60 Å². The van der Waals surface area contributed by atoms with Gasteiger partial charge in [-0.05, 0) is 24.1 Å². The van der Waals surface area contributed by atoms with E-state index >= 15 is 0 Å². The van der Waals surface area contributed by atoms with E-state index in [1.54, 1.807) is 14.2 Å². The fourth-order valence-electron chi connectivity index (χ4n) is 3.27. The first-order valence-corrected chi connectivity index (χ1v) is 7.25. The molecular formula is C16H23NO3. The highest BCUT2D eigenvalue weighted by molar-refractivity contribution is 5.27. The van der Waals surface area contributed by atoms with Crippen molar-refractivity contribution in [1.82, 2.24) is 4.90 Å². The number of benzene rings is 1. The maximum absolute atomic E-state index is 6.00. The molecule has 4 heteroatoms. The Hall–Kier alpha value is -1.10.